The maximum Gasteiger partial charge on any atom is 0.321 e. The van der Waals surface area contributed by atoms with Gasteiger partial charge in [0.25, 0.3) is 0 Å². The van der Waals surface area contributed by atoms with Crippen molar-refractivity contribution in [3.05, 3.63) is 36.0 Å². The summed E-state index contributed by atoms with van der Waals surface area (Å²) < 4.78 is 5.30. The summed E-state index contributed by atoms with van der Waals surface area (Å²) in [5, 5.41) is 22.8. The number of hydrogen-bond donors (Lipinski definition) is 4. The fourth-order valence-electron chi connectivity index (χ4n) is 2.28. The first-order valence-corrected chi connectivity index (χ1v) is 7.16. The number of ether oxygens (including phenoxy) is 1. The Bertz CT molecular complexity index is 645. The Morgan fingerprint density at radius 3 is 2.68 bits per heavy atom. The molecule has 0 spiro atoms. The van der Waals surface area contributed by atoms with Crippen molar-refractivity contribution in [2.24, 2.45) is 0 Å². The number of carbonyl (C=O) groups is 1. The molecule has 2 aromatic rings. The largest absolute Gasteiger partial charge is 0.480 e. The number of H-pyrrole nitrogens is 1. The van der Waals surface area contributed by atoms with Crippen LogP contribution in [0.3, 0.4) is 0 Å². The lowest BCUT2D eigenvalue weighted by atomic mass is 10.1. The summed E-state index contributed by atoms with van der Waals surface area (Å²) in [6.45, 7) is 5.36. The molecule has 0 aliphatic carbocycles. The second kappa shape index (κ2) is 6.48. The van der Waals surface area contributed by atoms with Crippen LogP contribution in [0.1, 0.15) is 26.3 Å². The van der Waals surface area contributed by atoms with Crippen molar-refractivity contribution in [2.45, 2.75) is 45.2 Å². The van der Waals surface area contributed by atoms with Crippen molar-refractivity contribution in [3.8, 4) is 0 Å². The molecule has 4 N–H and O–H groups in total. The zero-order valence-corrected chi connectivity index (χ0v) is 13.0. The summed E-state index contributed by atoms with van der Waals surface area (Å²) in [6, 6.07) is 6.73. The van der Waals surface area contributed by atoms with Gasteiger partial charge in [0.2, 0.25) is 6.41 Å². The highest BCUT2D eigenvalue weighted by Crippen LogP contribution is 2.19. The molecule has 0 bridgehead atoms. The van der Waals surface area contributed by atoms with Crippen molar-refractivity contribution >= 4 is 16.9 Å². The molecule has 2 atom stereocenters. The lowest BCUT2D eigenvalue weighted by Crippen LogP contribution is -2.48. The Morgan fingerprint density at radius 1 is 1.36 bits per heavy atom. The van der Waals surface area contributed by atoms with Gasteiger partial charge < -0.3 is 19.9 Å². The van der Waals surface area contributed by atoms with E-state index in [0.29, 0.717) is 0 Å². The maximum absolute atomic E-state index is 11.4. The Hall–Kier alpha value is -1.89. The van der Waals surface area contributed by atoms with E-state index >= 15 is 0 Å². The number of rotatable bonds is 6. The van der Waals surface area contributed by atoms with Crippen LogP contribution in [0.25, 0.3) is 10.9 Å². The number of para-hydroxylation sites is 1. The van der Waals surface area contributed by atoms with Gasteiger partial charge in [0.1, 0.15) is 6.04 Å². The molecule has 120 valence electrons. The van der Waals surface area contributed by atoms with Crippen LogP contribution in [-0.2, 0) is 16.0 Å². The second-order valence-corrected chi connectivity index (χ2v) is 6.20. The topological polar surface area (TPSA) is 94.6 Å². The molecule has 0 aliphatic rings. The number of aromatic amines is 1. The number of benzene rings is 1. The first kappa shape index (κ1) is 16.5. The third-order valence-electron chi connectivity index (χ3n) is 3.21. The third kappa shape index (κ3) is 4.30. The summed E-state index contributed by atoms with van der Waals surface area (Å²) in [5.74, 6) is -1.04. The van der Waals surface area contributed by atoms with E-state index in [-0.39, 0.29) is 6.42 Å². The highest BCUT2D eigenvalue weighted by atomic mass is 16.6. The van der Waals surface area contributed by atoms with E-state index in [1.54, 1.807) is 27.0 Å². The van der Waals surface area contributed by atoms with Crippen molar-refractivity contribution in [1.29, 1.82) is 0 Å². The summed E-state index contributed by atoms with van der Waals surface area (Å²) in [4.78, 5) is 14.5. The Kier molecular flexibility index (Phi) is 4.85. The number of aromatic nitrogens is 1. The molecule has 1 heterocycles. The standard InChI is InChI=1S/C16H22N2O4/c1-16(2,3)22-15(21)18-13(14(19)20)8-10-9-17-12-7-5-4-6-11(10)12/h4-7,9,13,15,17-18,21H,8H2,1-3H3,(H,19,20)/t13-,15?/m0/s1. The number of fused-ring (bicyclic) bond motifs is 1. The van der Waals surface area contributed by atoms with E-state index in [1.807, 2.05) is 24.3 Å². The normalized spacial score (nSPS) is 14.9. The first-order valence-electron chi connectivity index (χ1n) is 7.16. The summed E-state index contributed by atoms with van der Waals surface area (Å²) in [7, 11) is 0. The average Bonchev–Trinajstić information content (AvgIpc) is 2.79. The molecule has 0 amide bonds. The SMILES string of the molecule is CC(C)(C)OC(O)N[C@@H](Cc1c[nH]c2ccccc12)C(=O)O. The molecule has 22 heavy (non-hydrogen) atoms. The van der Waals surface area contributed by atoms with Crippen LogP contribution in [0.5, 0.6) is 0 Å². The van der Waals surface area contributed by atoms with E-state index in [0.717, 1.165) is 16.5 Å². The van der Waals surface area contributed by atoms with Crippen LogP contribution in [0.15, 0.2) is 30.5 Å². The zero-order chi connectivity index (χ0) is 16.3. The van der Waals surface area contributed by atoms with Crippen molar-refractivity contribution < 1.29 is 19.7 Å². The summed E-state index contributed by atoms with van der Waals surface area (Å²) >= 11 is 0. The second-order valence-electron chi connectivity index (χ2n) is 6.20. The number of carboxylic acid groups (broad SMARTS) is 1. The number of nitrogens with one attached hydrogen (secondary N) is 2. The maximum atomic E-state index is 11.4. The number of aliphatic hydroxyl groups is 1. The Labute approximate surface area is 129 Å². The average molecular weight is 306 g/mol. The van der Waals surface area contributed by atoms with Gasteiger partial charge in [-0.2, -0.15) is 0 Å². The number of aliphatic hydroxyl groups excluding tert-OH is 1. The van der Waals surface area contributed by atoms with Gasteiger partial charge in [0.05, 0.1) is 5.60 Å². The predicted octanol–water partition coefficient (Wildman–Crippen LogP) is 1.84. The molecule has 6 heteroatoms. The van der Waals surface area contributed by atoms with Crippen LogP contribution < -0.4 is 5.32 Å². The molecule has 0 saturated carbocycles. The van der Waals surface area contributed by atoms with Gasteiger partial charge in [0.15, 0.2) is 0 Å². The van der Waals surface area contributed by atoms with Gasteiger partial charge in [-0.1, -0.05) is 18.2 Å². The molecule has 6 nitrogen and oxygen atoms in total. The predicted molar refractivity (Wildman–Crippen MR) is 83.4 cm³/mol. The van der Waals surface area contributed by atoms with Gasteiger partial charge in [-0.25, -0.2) is 0 Å². The molecule has 0 aliphatic heterocycles. The van der Waals surface area contributed by atoms with Crippen LogP contribution in [0.2, 0.25) is 0 Å². The molecule has 1 aromatic heterocycles. The molecule has 2 rings (SSSR count). The quantitative estimate of drug-likeness (QED) is 0.611. The minimum absolute atomic E-state index is 0.240. The first-order chi connectivity index (χ1) is 10.3. The third-order valence-corrected chi connectivity index (χ3v) is 3.21. The Morgan fingerprint density at radius 2 is 2.05 bits per heavy atom. The fourth-order valence-corrected chi connectivity index (χ4v) is 2.28. The van der Waals surface area contributed by atoms with Gasteiger partial charge >= 0.3 is 5.97 Å². The lowest BCUT2D eigenvalue weighted by molar-refractivity contribution is -0.189. The molecule has 0 saturated heterocycles. The summed E-state index contributed by atoms with van der Waals surface area (Å²) in [5.41, 5.74) is 1.25. The van der Waals surface area contributed by atoms with Gasteiger partial charge in [-0.15, -0.1) is 0 Å². The van der Waals surface area contributed by atoms with E-state index in [2.05, 4.69) is 10.3 Å². The van der Waals surface area contributed by atoms with Crippen molar-refractivity contribution in [2.75, 3.05) is 0 Å². The van der Waals surface area contributed by atoms with Gasteiger partial charge in [0, 0.05) is 23.5 Å². The summed E-state index contributed by atoms with van der Waals surface area (Å²) in [6.07, 6.45) is 0.690. The van der Waals surface area contributed by atoms with Crippen molar-refractivity contribution in [1.82, 2.24) is 10.3 Å². The van der Waals surface area contributed by atoms with E-state index in [4.69, 9.17) is 4.74 Å². The van der Waals surface area contributed by atoms with Gasteiger partial charge in [-0.3, -0.25) is 10.1 Å². The molecule has 0 fully saturated rings. The van der Waals surface area contributed by atoms with Crippen LogP contribution in [0, 0.1) is 0 Å². The van der Waals surface area contributed by atoms with Crippen LogP contribution in [-0.4, -0.2) is 39.2 Å². The molecular formula is C16H22N2O4. The molecule has 1 unspecified atom stereocenters. The fraction of sp³-hybridized carbons (Fsp3) is 0.438. The van der Waals surface area contributed by atoms with Gasteiger partial charge in [-0.05, 0) is 32.4 Å². The smallest absolute Gasteiger partial charge is 0.321 e. The number of carboxylic acids is 1. The number of aliphatic carboxylic acids is 1. The monoisotopic (exact) mass is 306 g/mol. The minimum atomic E-state index is -1.34. The van der Waals surface area contributed by atoms with E-state index < -0.39 is 24.0 Å². The number of hydrogen-bond acceptors (Lipinski definition) is 4. The molecule has 0 radical (unpaired) electrons. The highest BCUT2D eigenvalue weighted by molar-refractivity contribution is 5.84. The highest BCUT2D eigenvalue weighted by Gasteiger charge is 2.25. The lowest BCUT2D eigenvalue weighted by Gasteiger charge is -2.26. The van der Waals surface area contributed by atoms with Crippen LogP contribution in [0.4, 0.5) is 0 Å². The minimum Gasteiger partial charge on any atom is -0.480 e. The molecule has 1 aromatic carbocycles. The van der Waals surface area contributed by atoms with Crippen LogP contribution >= 0.6 is 0 Å². The van der Waals surface area contributed by atoms with E-state index in [9.17, 15) is 15.0 Å². The Balaban J connectivity index is 2.11. The van der Waals surface area contributed by atoms with Crippen molar-refractivity contribution in [3.63, 3.8) is 0 Å². The van der Waals surface area contributed by atoms with E-state index in [1.165, 1.54) is 0 Å². The zero-order valence-electron chi connectivity index (χ0n) is 13.0. The molecular weight excluding hydrogens is 284 g/mol.